The highest BCUT2D eigenvalue weighted by atomic mass is 127. The Kier molecular flexibility index (Phi) is 7.59. The Morgan fingerprint density at radius 2 is 1.70 bits per heavy atom. The zero-order valence-electron chi connectivity index (χ0n) is 15.2. The normalized spacial score (nSPS) is 10.9. The highest BCUT2D eigenvalue weighted by Gasteiger charge is 2.11. The van der Waals surface area contributed by atoms with Gasteiger partial charge in [0.1, 0.15) is 0 Å². The molecule has 2 aromatic rings. The van der Waals surface area contributed by atoms with Gasteiger partial charge in [-0.1, -0.05) is 0 Å². The number of hydrazone groups is 1. The molecule has 0 saturated heterocycles. The summed E-state index contributed by atoms with van der Waals surface area (Å²) in [5.74, 6) is 0.356. The molecule has 0 aliphatic rings. The number of ether oxygens (including phenoxy) is 2. The van der Waals surface area contributed by atoms with Crippen molar-refractivity contribution in [2.75, 3.05) is 19.5 Å². The Bertz CT molecular complexity index is 851. The van der Waals surface area contributed by atoms with E-state index in [1.807, 2.05) is 24.3 Å². The van der Waals surface area contributed by atoms with Crippen LogP contribution >= 0.6 is 22.6 Å². The second kappa shape index (κ2) is 9.91. The third-order valence-corrected chi connectivity index (χ3v) is 4.26. The molecule has 0 aromatic heterocycles. The van der Waals surface area contributed by atoms with E-state index in [1.165, 1.54) is 14.2 Å². The number of benzene rings is 2. The molecular formula is C19H20IN3O4. The number of anilines is 1. The summed E-state index contributed by atoms with van der Waals surface area (Å²) in [5.41, 5.74) is 3.99. The lowest BCUT2D eigenvalue weighted by Crippen LogP contribution is -2.21. The Balaban J connectivity index is 1.93. The number of carbonyl (C=O) groups excluding carboxylic acids is 2. The zero-order chi connectivity index (χ0) is 19.8. The molecule has 0 aliphatic heterocycles. The van der Waals surface area contributed by atoms with Crippen molar-refractivity contribution in [3.05, 3.63) is 51.6 Å². The summed E-state index contributed by atoms with van der Waals surface area (Å²) in [4.78, 5) is 24.2. The van der Waals surface area contributed by atoms with Crippen LogP contribution in [-0.4, -0.2) is 31.7 Å². The van der Waals surface area contributed by atoms with Gasteiger partial charge < -0.3 is 14.8 Å². The molecule has 0 saturated carbocycles. The van der Waals surface area contributed by atoms with Gasteiger partial charge in [-0.2, -0.15) is 5.10 Å². The molecule has 2 amide bonds. The van der Waals surface area contributed by atoms with Crippen molar-refractivity contribution in [1.82, 2.24) is 5.43 Å². The van der Waals surface area contributed by atoms with Gasteiger partial charge in [-0.25, -0.2) is 5.43 Å². The third kappa shape index (κ3) is 6.24. The highest BCUT2D eigenvalue weighted by molar-refractivity contribution is 14.1. The molecule has 0 bridgehead atoms. The molecule has 27 heavy (non-hydrogen) atoms. The minimum Gasteiger partial charge on any atom is -0.493 e. The quantitative estimate of drug-likeness (QED) is 0.360. The minimum absolute atomic E-state index is 0.0677. The van der Waals surface area contributed by atoms with Gasteiger partial charge >= 0.3 is 0 Å². The summed E-state index contributed by atoms with van der Waals surface area (Å²) in [6.07, 6.45) is 0.0677. The van der Waals surface area contributed by atoms with Crippen LogP contribution in [0.5, 0.6) is 11.5 Å². The van der Waals surface area contributed by atoms with Crippen LogP contribution in [0.25, 0.3) is 0 Å². The molecule has 0 fully saturated rings. The summed E-state index contributed by atoms with van der Waals surface area (Å²) in [6.45, 7) is 1.67. The van der Waals surface area contributed by atoms with Gasteiger partial charge in [-0.15, -0.1) is 0 Å². The number of hydrogen-bond donors (Lipinski definition) is 2. The first-order valence-electron chi connectivity index (χ1n) is 8.04. The molecule has 0 radical (unpaired) electrons. The Labute approximate surface area is 171 Å². The maximum Gasteiger partial charge on any atom is 0.271 e. The number of methoxy groups -OCH3 is 2. The number of nitrogens with zero attached hydrogens (tertiary/aromatic N) is 1. The average Bonchev–Trinajstić information content (AvgIpc) is 2.67. The predicted molar refractivity (Wildman–Crippen MR) is 113 cm³/mol. The van der Waals surface area contributed by atoms with E-state index in [0.717, 1.165) is 3.57 Å². The van der Waals surface area contributed by atoms with Gasteiger partial charge in [0.05, 0.1) is 20.6 Å². The largest absolute Gasteiger partial charge is 0.493 e. The monoisotopic (exact) mass is 481 g/mol. The van der Waals surface area contributed by atoms with Gasteiger partial charge in [0, 0.05) is 20.5 Å². The first-order valence-corrected chi connectivity index (χ1v) is 9.11. The Morgan fingerprint density at radius 3 is 2.33 bits per heavy atom. The third-order valence-electron chi connectivity index (χ3n) is 3.54. The average molecular weight is 481 g/mol. The predicted octanol–water partition coefficient (Wildman–Crippen LogP) is 3.44. The van der Waals surface area contributed by atoms with E-state index in [0.29, 0.717) is 28.5 Å². The summed E-state index contributed by atoms with van der Waals surface area (Å²) >= 11 is 2.19. The van der Waals surface area contributed by atoms with E-state index < -0.39 is 5.91 Å². The lowest BCUT2D eigenvalue weighted by molar-refractivity contribution is -0.115. The fraction of sp³-hybridized carbons (Fsp3) is 0.211. The van der Waals surface area contributed by atoms with Crippen molar-refractivity contribution in [3.8, 4) is 11.5 Å². The summed E-state index contributed by atoms with van der Waals surface area (Å²) in [6, 6.07) is 12.3. The maximum atomic E-state index is 12.2. The number of nitrogens with one attached hydrogen (secondary N) is 2. The van der Waals surface area contributed by atoms with Crippen LogP contribution in [0.4, 0.5) is 5.69 Å². The number of hydrogen-bond acceptors (Lipinski definition) is 5. The number of rotatable bonds is 7. The molecule has 2 N–H and O–H groups in total. The lowest BCUT2D eigenvalue weighted by Gasteiger charge is -2.09. The van der Waals surface area contributed by atoms with E-state index in [9.17, 15) is 9.59 Å². The molecule has 0 spiro atoms. The van der Waals surface area contributed by atoms with Crippen molar-refractivity contribution in [2.24, 2.45) is 5.10 Å². The van der Waals surface area contributed by atoms with Crippen molar-refractivity contribution >= 4 is 45.8 Å². The topological polar surface area (TPSA) is 89.0 Å². The van der Waals surface area contributed by atoms with Crippen LogP contribution in [0.15, 0.2) is 47.6 Å². The molecule has 2 rings (SSSR count). The summed E-state index contributed by atoms with van der Waals surface area (Å²) < 4.78 is 11.4. The molecule has 2 aromatic carbocycles. The zero-order valence-corrected chi connectivity index (χ0v) is 17.4. The number of amides is 2. The van der Waals surface area contributed by atoms with Crippen LogP contribution < -0.4 is 20.2 Å². The minimum atomic E-state index is -0.409. The summed E-state index contributed by atoms with van der Waals surface area (Å²) in [5, 5.41) is 6.76. The van der Waals surface area contributed by atoms with Crippen molar-refractivity contribution in [2.45, 2.75) is 13.3 Å². The van der Waals surface area contributed by atoms with Crippen molar-refractivity contribution in [1.29, 1.82) is 0 Å². The van der Waals surface area contributed by atoms with E-state index >= 15 is 0 Å². The van der Waals surface area contributed by atoms with Crippen LogP contribution in [0.1, 0.15) is 23.7 Å². The summed E-state index contributed by atoms with van der Waals surface area (Å²) in [7, 11) is 3.01. The number of halogens is 1. The fourth-order valence-electron chi connectivity index (χ4n) is 2.20. The first-order chi connectivity index (χ1) is 12.9. The molecule has 0 heterocycles. The van der Waals surface area contributed by atoms with Crippen LogP contribution in [0.2, 0.25) is 0 Å². The molecule has 0 aliphatic carbocycles. The molecule has 8 heteroatoms. The molecule has 142 valence electrons. The smallest absolute Gasteiger partial charge is 0.271 e. The van der Waals surface area contributed by atoms with Gasteiger partial charge in [-0.05, 0) is 72.0 Å². The van der Waals surface area contributed by atoms with Crippen LogP contribution in [0.3, 0.4) is 0 Å². The van der Waals surface area contributed by atoms with Gasteiger partial charge in [0.25, 0.3) is 5.91 Å². The van der Waals surface area contributed by atoms with Crippen molar-refractivity contribution < 1.29 is 19.1 Å². The van der Waals surface area contributed by atoms with E-state index in [4.69, 9.17) is 9.47 Å². The second-order valence-electron chi connectivity index (χ2n) is 5.59. The fourth-order valence-corrected chi connectivity index (χ4v) is 2.56. The van der Waals surface area contributed by atoms with Crippen LogP contribution in [0, 0.1) is 3.57 Å². The molecule has 7 nitrogen and oxygen atoms in total. The van der Waals surface area contributed by atoms with E-state index in [1.54, 1.807) is 25.1 Å². The Morgan fingerprint density at radius 1 is 1.04 bits per heavy atom. The second-order valence-corrected chi connectivity index (χ2v) is 6.84. The van der Waals surface area contributed by atoms with Gasteiger partial charge in [0.2, 0.25) is 5.91 Å². The highest BCUT2D eigenvalue weighted by Crippen LogP contribution is 2.27. The maximum absolute atomic E-state index is 12.2. The molecular weight excluding hydrogens is 461 g/mol. The number of carbonyl (C=O) groups is 2. The van der Waals surface area contributed by atoms with E-state index in [2.05, 4.69) is 38.4 Å². The van der Waals surface area contributed by atoms with Crippen molar-refractivity contribution in [3.63, 3.8) is 0 Å². The van der Waals surface area contributed by atoms with Gasteiger partial charge in [-0.3, -0.25) is 9.59 Å². The molecule has 0 atom stereocenters. The van der Waals surface area contributed by atoms with Crippen LogP contribution in [-0.2, 0) is 4.79 Å². The van der Waals surface area contributed by atoms with E-state index in [-0.39, 0.29) is 12.3 Å². The SMILES string of the molecule is COc1ccc(C(=O)N/N=C(\C)CC(=O)Nc2ccc(I)cc2)cc1OC. The standard InChI is InChI=1S/C19H20IN3O4/c1-12(10-18(24)21-15-7-5-14(20)6-8-15)22-23-19(25)13-4-9-16(26-2)17(11-13)27-3/h4-9,11H,10H2,1-3H3,(H,21,24)(H,23,25)/b22-12+. The Hall–Kier alpha value is -2.62. The first kappa shape index (κ1) is 20.7. The lowest BCUT2D eigenvalue weighted by atomic mass is 10.2. The molecule has 0 unspecified atom stereocenters. The van der Waals surface area contributed by atoms with Gasteiger partial charge in [0.15, 0.2) is 11.5 Å².